The molecule has 2 amide bonds. The van der Waals surface area contributed by atoms with Crippen LogP contribution in [0.25, 0.3) is 0 Å². The zero-order chi connectivity index (χ0) is 15.7. The van der Waals surface area contributed by atoms with Crippen LogP contribution in [0.5, 0.6) is 11.5 Å². The Labute approximate surface area is 121 Å². The van der Waals surface area contributed by atoms with Gasteiger partial charge in [-0.15, -0.1) is 0 Å². The van der Waals surface area contributed by atoms with Gasteiger partial charge < -0.3 is 19.9 Å². The Bertz CT molecular complexity index is 531. The third kappa shape index (κ3) is 5.81. The highest BCUT2D eigenvalue weighted by molar-refractivity contribution is 5.82. The molecule has 0 unspecified atom stereocenters. The fourth-order valence-corrected chi connectivity index (χ4v) is 1.40. The van der Waals surface area contributed by atoms with E-state index in [-0.39, 0.29) is 13.2 Å². The van der Waals surface area contributed by atoms with Crippen molar-refractivity contribution in [3.05, 3.63) is 23.8 Å². The van der Waals surface area contributed by atoms with E-state index in [1.807, 2.05) is 0 Å². The van der Waals surface area contributed by atoms with Crippen LogP contribution in [0.15, 0.2) is 23.3 Å². The van der Waals surface area contributed by atoms with Crippen LogP contribution in [-0.2, 0) is 9.53 Å². The van der Waals surface area contributed by atoms with E-state index in [1.165, 1.54) is 13.3 Å². The van der Waals surface area contributed by atoms with Gasteiger partial charge in [-0.1, -0.05) is 0 Å². The third-order valence-corrected chi connectivity index (χ3v) is 2.23. The van der Waals surface area contributed by atoms with E-state index in [0.29, 0.717) is 17.1 Å². The number of amides is 2. The molecule has 0 aliphatic rings. The quantitative estimate of drug-likeness (QED) is 0.435. The minimum absolute atomic E-state index is 0.232. The number of rotatable bonds is 7. The lowest BCUT2D eigenvalue weighted by atomic mass is 10.2. The molecule has 0 aromatic heterocycles. The summed E-state index contributed by atoms with van der Waals surface area (Å²) in [5.74, 6) is 0.335. The zero-order valence-electron chi connectivity index (χ0n) is 11.8. The molecule has 0 saturated carbocycles. The van der Waals surface area contributed by atoms with Gasteiger partial charge in [-0.2, -0.15) is 5.10 Å². The molecule has 8 nitrogen and oxygen atoms in total. The van der Waals surface area contributed by atoms with E-state index in [4.69, 9.17) is 19.9 Å². The maximum absolute atomic E-state index is 11.3. The first-order chi connectivity index (χ1) is 10.1. The average Bonchev–Trinajstić information content (AvgIpc) is 2.45. The lowest BCUT2D eigenvalue weighted by Crippen LogP contribution is -2.24. The first-order valence-corrected chi connectivity index (χ1v) is 6.11. The number of benzene rings is 1. The van der Waals surface area contributed by atoms with Crippen LogP contribution in [0.3, 0.4) is 0 Å². The summed E-state index contributed by atoms with van der Waals surface area (Å²) in [6.45, 7) is 1.76. The van der Waals surface area contributed by atoms with E-state index in [0.717, 1.165) is 0 Å². The lowest BCUT2D eigenvalue weighted by Gasteiger charge is -2.10. The highest BCUT2D eigenvalue weighted by atomic mass is 16.6. The van der Waals surface area contributed by atoms with E-state index < -0.39 is 12.0 Å². The zero-order valence-corrected chi connectivity index (χ0v) is 11.8. The van der Waals surface area contributed by atoms with Gasteiger partial charge in [0, 0.05) is 0 Å². The number of hydrazone groups is 1. The number of hydrogen-bond acceptors (Lipinski definition) is 6. The number of hydrogen-bond donors (Lipinski definition) is 2. The van der Waals surface area contributed by atoms with Crippen LogP contribution in [0, 0.1) is 0 Å². The van der Waals surface area contributed by atoms with E-state index in [9.17, 15) is 9.59 Å². The van der Waals surface area contributed by atoms with E-state index >= 15 is 0 Å². The maximum Gasteiger partial charge on any atom is 0.344 e. The monoisotopic (exact) mass is 295 g/mol. The van der Waals surface area contributed by atoms with Gasteiger partial charge >= 0.3 is 12.0 Å². The third-order valence-electron chi connectivity index (χ3n) is 2.23. The average molecular weight is 295 g/mol. The minimum Gasteiger partial charge on any atom is -0.493 e. The largest absolute Gasteiger partial charge is 0.493 e. The number of nitrogens with one attached hydrogen (secondary N) is 1. The first kappa shape index (κ1) is 16.3. The SMILES string of the molecule is CCOC(=O)COc1cc(C=NNC(N)=O)ccc1OC. The number of esters is 1. The Morgan fingerprint density at radius 1 is 1.38 bits per heavy atom. The normalized spacial score (nSPS) is 10.2. The molecule has 0 aliphatic carbocycles. The molecule has 0 radical (unpaired) electrons. The van der Waals surface area contributed by atoms with Crippen LogP contribution in [0.4, 0.5) is 4.79 Å². The van der Waals surface area contributed by atoms with Gasteiger partial charge in [0.2, 0.25) is 0 Å². The molecule has 1 aromatic carbocycles. The molecule has 1 aromatic rings. The van der Waals surface area contributed by atoms with Gasteiger partial charge in [-0.05, 0) is 30.7 Å². The Hall–Kier alpha value is -2.77. The molecule has 0 bridgehead atoms. The smallest absolute Gasteiger partial charge is 0.344 e. The van der Waals surface area contributed by atoms with Gasteiger partial charge in [0.15, 0.2) is 18.1 Å². The van der Waals surface area contributed by atoms with Crippen molar-refractivity contribution in [3.8, 4) is 11.5 Å². The molecular weight excluding hydrogens is 278 g/mol. The topological polar surface area (TPSA) is 112 Å². The van der Waals surface area contributed by atoms with Crippen molar-refractivity contribution in [3.63, 3.8) is 0 Å². The first-order valence-electron chi connectivity index (χ1n) is 6.11. The molecule has 0 spiro atoms. The molecule has 3 N–H and O–H groups in total. The highest BCUT2D eigenvalue weighted by Gasteiger charge is 2.08. The molecule has 21 heavy (non-hydrogen) atoms. The Morgan fingerprint density at radius 2 is 2.14 bits per heavy atom. The van der Waals surface area contributed by atoms with Gasteiger partial charge in [0.1, 0.15) is 0 Å². The molecule has 0 atom stereocenters. The highest BCUT2D eigenvalue weighted by Crippen LogP contribution is 2.27. The number of methoxy groups -OCH3 is 1. The van der Waals surface area contributed by atoms with Crippen molar-refractivity contribution < 1.29 is 23.8 Å². The summed E-state index contributed by atoms with van der Waals surface area (Å²) in [7, 11) is 1.48. The van der Waals surface area contributed by atoms with E-state index in [1.54, 1.807) is 25.1 Å². The Kier molecular flexibility index (Phi) is 6.52. The summed E-state index contributed by atoms with van der Waals surface area (Å²) in [5.41, 5.74) is 7.58. The number of carbonyl (C=O) groups excluding carboxylic acids is 2. The summed E-state index contributed by atoms with van der Waals surface area (Å²) in [5, 5.41) is 3.62. The second kappa shape index (κ2) is 8.41. The summed E-state index contributed by atoms with van der Waals surface area (Å²) < 4.78 is 15.2. The van der Waals surface area contributed by atoms with Gasteiger partial charge in [-0.3, -0.25) is 0 Å². The van der Waals surface area contributed by atoms with Gasteiger partial charge in [-0.25, -0.2) is 15.0 Å². The Morgan fingerprint density at radius 3 is 2.76 bits per heavy atom. The fraction of sp³-hybridized carbons (Fsp3) is 0.308. The summed E-state index contributed by atoms with van der Waals surface area (Å²) >= 11 is 0. The predicted molar refractivity (Wildman–Crippen MR) is 75.4 cm³/mol. The van der Waals surface area contributed by atoms with Gasteiger partial charge in [0.25, 0.3) is 0 Å². The molecule has 0 saturated heterocycles. The van der Waals surface area contributed by atoms with Crippen molar-refractivity contribution >= 4 is 18.2 Å². The number of nitrogens with two attached hydrogens (primary N) is 1. The molecular formula is C13H17N3O5. The summed E-state index contributed by atoms with van der Waals surface area (Å²) in [6, 6.07) is 4.18. The maximum atomic E-state index is 11.3. The van der Waals surface area contributed by atoms with Crippen LogP contribution in [0.2, 0.25) is 0 Å². The number of carbonyl (C=O) groups is 2. The van der Waals surface area contributed by atoms with E-state index in [2.05, 4.69) is 10.5 Å². The summed E-state index contributed by atoms with van der Waals surface area (Å²) in [4.78, 5) is 21.8. The van der Waals surface area contributed by atoms with Crippen LogP contribution in [-0.4, -0.2) is 38.5 Å². The molecule has 1 rings (SSSR count). The molecule has 0 fully saturated rings. The standard InChI is InChI=1S/C13H17N3O5/c1-3-20-12(17)8-21-11-6-9(4-5-10(11)19-2)7-15-16-13(14)18/h4-7H,3,8H2,1-2H3,(H3,14,16,18). The minimum atomic E-state index is -0.765. The van der Waals surface area contributed by atoms with Crippen molar-refractivity contribution in [2.75, 3.05) is 20.3 Å². The molecule has 114 valence electrons. The predicted octanol–water partition coefficient (Wildman–Crippen LogP) is 0.639. The summed E-state index contributed by atoms with van der Waals surface area (Å²) in [6.07, 6.45) is 1.38. The number of nitrogens with zero attached hydrogens (tertiary/aromatic N) is 1. The second-order valence-electron chi connectivity index (χ2n) is 3.74. The van der Waals surface area contributed by atoms with Crippen LogP contribution >= 0.6 is 0 Å². The van der Waals surface area contributed by atoms with Crippen molar-refractivity contribution in [2.45, 2.75) is 6.92 Å². The lowest BCUT2D eigenvalue weighted by molar-refractivity contribution is -0.145. The van der Waals surface area contributed by atoms with Crippen LogP contribution < -0.4 is 20.6 Å². The molecule has 8 heteroatoms. The number of ether oxygens (including phenoxy) is 3. The van der Waals surface area contributed by atoms with Crippen molar-refractivity contribution in [1.82, 2.24) is 5.43 Å². The Balaban J connectivity index is 2.77. The van der Waals surface area contributed by atoms with Crippen molar-refractivity contribution in [2.24, 2.45) is 10.8 Å². The second-order valence-corrected chi connectivity index (χ2v) is 3.74. The fourth-order valence-electron chi connectivity index (χ4n) is 1.40. The van der Waals surface area contributed by atoms with Crippen LogP contribution in [0.1, 0.15) is 12.5 Å². The van der Waals surface area contributed by atoms with Gasteiger partial charge in [0.05, 0.1) is 19.9 Å². The van der Waals surface area contributed by atoms with Crippen molar-refractivity contribution in [1.29, 1.82) is 0 Å². The number of primary amides is 1. The number of urea groups is 1. The molecule has 0 heterocycles. The molecule has 0 aliphatic heterocycles.